The topological polar surface area (TPSA) is 110 Å². The summed E-state index contributed by atoms with van der Waals surface area (Å²) in [5.41, 5.74) is 11.6. The van der Waals surface area contributed by atoms with Gasteiger partial charge in [0.1, 0.15) is 0 Å². The Morgan fingerprint density at radius 2 is 1.52 bits per heavy atom. The van der Waals surface area contributed by atoms with Gasteiger partial charge in [0, 0.05) is 5.69 Å². The number of rotatable bonds is 4. The number of hydrogen-bond acceptors (Lipinski definition) is 4. The maximum Gasteiger partial charge on any atom is 0.208 e. The molecule has 2 rings (SSSR count). The predicted molar refractivity (Wildman–Crippen MR) is 99.2 cm³/mol. The molecule has 0 aliphatic heterocycles. The van der Waals surface area contributed by atoms with Crippen LogP contribution in [0.15, 0.2) is 58.3 Å². The van der Waals surface area contributed by atoms with Gasteiger partial charge in [0.25, 0.3) is 0 Å². The minimum absolute atomic E-state index is 0.0118. The summed E-state index contributed by atoms with van der Waals surface area (Å²) in [6, 6.07) is 12.6. The summed E-state index contributed by atoms with van der Waals surface area (Å²) in [7, 11) is -3.78. The van der Waals surface area contributed by atoms with Crippen molar-refractivity contribution in [2.45, 2.75) is 9.79 Å². The number of hydrogen-bond donors (Lipinski definition) is 4. The Morgan fingerprint density at radius 3 is 2.09 bits per heavy atom. The van der Waals surface area contributed by atoms with Crippen LogP contribution >= 0.6 is 24.4 Å². The van der Waals surface area contributed by atoms with E-state index in [4.69, 9.17) is 35.9 Å². The van der Waals surface area contributed by atoms with Gasteiger partial charge in [-0.1, -0.05) is 18.2 Å². The van der Waals surface area contributed by atoms with E-state index in [2.05, 4.69) is 10.6 Å². The van der Waals surface area contributed by atoms with Gasteiger partial charge in [-0.3, -0.25) is 0 Å². The normalized spacial score (nSPS) is 10.8. The Balaban J connectivity index is 2.61. The van der Waals surface area contributed by atoms with Crippen molar-refractivity contribution >= 4 is 55.9 Å². The Morgan fingerprint density at radius 1 is 0.913 bits per heavy atom. The van der Waals surface area contributed by atoms with Crippen LogP contribution in [0.2, 0.25) is 0 Å². The third-order valence-electron chi connectivity index (χ3n) is 2.85. The van der Waals surface area contributed by atoms with Crippen LogP contribution in [0, 0.1) is 0 Å². The molecule has 0 fully saturated rings. The van der Waals surface area contributed by atoms with Crippen LogP contribution in [0.1, 0.15) is 0 Å². The molecule has 0 atom stereocenters. The zero-order chi connectivity index (χ0) is 17.0. The maximum absolute atomic E-state index is 12.9. The van der Waals surface area contributed by atoms with Crippen LogP contribution in [0.4, 0.5) is 11.4 Å². The van der Waals surface area contributed by atoms with E-state index in [1.165, 1.54) is 24.3 Å². The van der Waals surface area contributed by atoms with Crippen molar-refractivity contribution in [3.63, 3.8) is 0 Å². The summed E-state index contributed by atoms with van der Waals surface area (Å²) in [5, 5.41) is 5.36. The van der Waals surface area contributed by atoms with Crippen molar-refractivity contribution in [2.75, 3.05) is 10.6 Å². The smallest absolute Gasteiger partial charge is 0.208 e. The lowest BCUT2D eigenvalue weighted by molar-refractivity contribution is 0.596. The first-order valence-electron chi connectivity index (χ1n) is 6.38. The molecular weight excluding hydrogens is 352 g/mol. The van der Waals surface area contributed by atoms with Crippen molar-refractivity contribution in [3.05, 3.63) is 48.5 Å². The molecular formula is C14H14N4O2S3. The number of benzene rings is 2. The van der Waals surface area contributed by atoms with E-state index in [0.717, 1.165) is 0 Å². The second kappa shape index (κ2) is 6.90. The monoisotopic (exact) mass is 366 g/mol. The van der Waals surface area contributed by atoms with Crippen LogP contribution in [0.25, 0.3) is 0 Å². The van der Waals surface area contributed by atoms with E-state index >= 15 is 0 Å². The lowest BCUT2D eigenvalue weighted by Gasteiger charge is -2.14. The number of anilines is 2. The van der Waals surface area contributed by atoms with Crippen molar-refractivity contribution in [3.8, 4) is 0 Å². The third-order valence-corrected chi connectivity index (χ3v) is 4.86. The molecule has 0 saturated carbocycles. The Hall–Kier alpha value is -2.23. The molecule has 0 saturated heterocycles. The highest BCUT2D eigenvalue weighted by Gasteiger charge is 2.22. The Labute approximate surface area is 144 Å². The lowest BCUT2D eigenvalue weighted by atomic mass is 10.3. The molecule has 0 bridgehead atoms. The average Bonchev–Trinajstić information content (AvgIpc) is 2.48. The van der Waals surface area contributed by atoms with Crippen LogP contribution in [-0.2, 0) is 9.84 Å². The molecule has 0 aromatic heterocycles. The summed E-state index contributed by atoms with van der Waals surface area (Å²) in [6.45, 7) is 0. The second-order valence-corrected chi connectivity index (χ2v) is 7.30. The number of sulfone groups is 1. The van der Waals surface area contributed by atoms with Crippen LogP contribution < -0.4 is 22.1 Å². The minimum Gasteiger partial charge on any atom is -0.376 e. The zero-order valence-electron chi connectivity index (χ0n) is 11.8. The van der Waals surface area contributed by atoms with E-state index in [-0.39, 0.29) is 25.7 Å². The van der Waals surface area contributed by atoms with Gasteiger partial charge in [-0.2, -0.15) is 0 Å². The summed E-state index contributed by atoms with van der Waals surface area (Å²) in [4.78, 5) is 0.163. The minimum atomic E-state index is -3.78. The zero-order valence-corrected chi connectivity index (χ0v) is 14.3. The molecule has 0 radical (unpaired) electrons. The molecule has 6 N–H and O–H groups in total. The van der Waals surface area contributed by atoms with E-state index in [1.54, 1.807) is 24.3 Å². The summed E-state index contributed by atoms with van der Waals surface area (Å²) in [5.74, 6) is 0. The third kappa shape index (κ3) is 4.15. The van der Waals surface area contributed by atoms with Gasteiger partial charge in [0.2, 0.25) is 9.84 Å². The van der Waals surface area contributed by atoms with Crippen molar-refractivity contribution in [1.29, 1.82) is 0 Å². The highest BCUT2D eigenvalue weighted by atomic mass is 32.2. The summed E-state index contributed by atoms with van der Waals surface area (Å²) < 4.78 is 25.7. The first-order chi connectivity index (χ1) is 10.8. The van der Waals surface area contributed by atoms with Gasteiger partial charge in [0.15, 0.2) is 10.2 Å². The fraction of sp³-hybridized carbons (Fsp3) is 0. The molecule has 0 spiro atoms. The highest BCUT2D eigenvalue weighted by molar-refractivity contribution is 7.91. The van der Waals surface area contributed by atoms with E-state index in [9.17, 15) is 8.42 Å². The van der Waals surface area contributed by atoms with Gasteiger partial charge in [-0.25, -0.2) is 8.42 Å². The number of nitrogens with two attached hydrogens (primary N) is 2. The van der Waals surface area contributed by atoms with Gasteiger partial charge in [-0.15, -0.1) is 0 Å². The molecule has 0 heterocycles. The predicted octanol–water partition coefficient (Wildman–Crippen LogP) is 1.83. The molecule has 0 unspecified atom stereocenters. The molecule has 23 heavy (non-hydrogen) atoms. The van der Waals surface area contributed by atoms with E-state index in [0.29, 0.717) is 5.69 Å². The second-order valence-electron chi connectivity index (χ2n) is 4.51. The number of nitrogens with one attached hydrogen (secondary N) is 2. The fourth-order valence-corrected chi connectivity index (χ4v) is 3.62. The largest absolute Gasteiger partial charge is 0.376 e. The molecule has 0 amide bonds. The lowest BCUT2D eigenvalue weighted by Crippen LogP contribution is -2.22. The van der Waals surface area contributed by atoms with E-state index < -0.39 is 9.84 Å². The van der Waals surface area contributed by atoms with Gasteiger partial charge in [-0.05, 0) is 54.8 Å². The van der Waals surface area contributed by atoms with Gasteiger partial charge in [0.05, 0.1) is 15.5 Å². The molecule has 0 aliphatic carbocycles. The van der Waals surface area contributed by atoms with Crippen LogP contribution in [0.3, 0.4) is 0 Å². The SMILES string of the molecule is NC(=S)Nc1ccc(NC(N)=S)c(S(=O)(=O)c2ccccc2)c1. The molecule has 2 aromatic rings. The summed E-state index contributed by atoms with van der Waals surface area (Å²) in [6.07, 6.45) is 0. The standard InChI is InChI=1S/C14H14N4O2S3/c15-13(21)17-9-6-7-11(18-14(16)22)12(8-9)23(19,20)10-4-2-1-3-5-10/h1-8H,(H3,15,17,21)(H3,16,18,22). The quantitative estimate of drug-likeness (QED) is 0.607. The van der Waals surface area contributed by atoms with Crippen LogP contribution in [0.5, 0.6) is 0 Å². The Bertz CT molecular complexity index is 852. The first-order valence-corrected chi connectivity index (χ1v) is 8.68. The van der Waals surface area contributed by atoms with Crippen molar-refractivity contribution in [2.24, 2.45) is 11.5 Å². The van der Waals surface area contributed by atoms with Gasteiger partial charge >= 0.3 is 0 Å². The number of thiocarbonyl (C=S) groups is 2. The first kappa shape index (κ1) is 17.1. The Kier molecular flexibility index (Phi) is 5.14. The highest BCUT2D eigenvalue weighted by Crippen LogP contribution is 2.30. The fourth-order valence-electron chi connectivity index (χ4n) is 1.93. The van der Waals surface area contributed by atoms with Gasteiger partial charge < -0.3 is 22.1 Å². The molecule has 0 aliphatic rings. The molecule has 9 heteroatoms. The van der Waals surface area contributed by atoms with E-state index in [1.807, 2.05) is 0 Å². The molecule has 2 aromatic carbocycles. The average molecular weight is 366 g/mol. The van der Waals surface area contributed by atoms with Crippen LogP contribution in [-0.4, -0.2) is 18.6 Å². The van der Waals surface area contributed by atoms with Crippen molar-refractivity contribution in [1.82, 2.24) is 0 Å². The molecule has 120 valence electrons. The van der Waals surface area contributed by atoms with Crippen molar-refractivity contribution < 1.29 is 8.42 Å². The molecule has 6 nitrogen and oxygen atoms in total. The maximum atomic E-state index is 12.9. The summed E-state index contributed by atoms with van der Waals surface area (Å²) >= 11 is 9.57.